The van der Waals surface area contributed by atoms with Crippen LogP contribution in [0.5, 0.6) is 0 Å². The van der Waals surface area contributed by atoms with Crippen LogP contribution in [0.1, 0.15) is 106 Å². The summed E-state index contributed by atoms with van der Waals surface area (Å²) in [5, 5.41) is 25.1. The van der Waals surface area contributed by atoms with Crippen molar-refractivity contribution in [2.45, 2.75) is 97.0 Å². The van der Waals surface area contributed by atoms with E-state index in [2.05, 4.69) is 33.0 Å². The van der Waals surface area contributed by atoms with E-state index in [4.69, 9.17) is 4.98 Å². The molecule has 5 rings (SSSR count). The molecule has 2 fully saturated rings. The van der Waals surface area contributed by atoms with Crippen LogP contribution in [0.2, 0.25) is 0 Å². The average Bonchev–Trinajstić information content (AvgIpc) is 3.34. The van der Waals surface area contributed by atoms with Gasteiger partial charge < -0.3 is 15.1 Å². The molecule has 8 heteroatoms. The van der Waals surface area contributed by atoms with Gasteiger partial charge in [-0.15, -0.1) is 11.3 Å². The summed E-state index contributed by atoms with van der Waals surface area (Å²) in [5.41, 5.74) is 1.69. The fourth-order valence-electron chi connectivity index (χ4n) is 7.44. The Labute approximate surface area is 242 Å². The summed E-state index contributed by atoms with van der Waals surface area (Å²) in [6, 6.07) is 7.70. The number of carbonyl (C=O) groups excluding carboxylic acids is 2. The molecule has 0 radical (unpaired) electrons. The van der Waals surface area contributed by atoms with Crippen LogP contribution in [0.4, 0.5) is 5.13 Å². The molecule has 2 aromatic rings. The van der Waals surface area contributed by atoms with Gasteiger partial charge >= 0.3 is 0 Å². The molecule has 218 valence electrons. The second-order valence-corrected chi connectivity index (χ2v) is 14.9. The van der Waals surface area contributed by atoms with E-state index in [0.29, 0.717) is 30.0 Å². The summed E-state index contributed by atoms with van der Waals surface area (Å²) in [4.78, 5) is 34.8. The molecule has 3 N–H and O–H groups in total. The number of carbonyl (C=O) groups is 2. The van der Waals surface area contributed by atoms with Crippen LogP contribution in [0, 0.1) is 16.7 Å². The molecular weight excluding hydrogens is 522 g/mol. The molecule has 2 aliphatic carbocycles. The van der Waals surface area contributed by atoms with E-state index >= 15 is 0 Å². The van der Waals surface area contributed by atoms with Crippen molar-refractivity contribution in [2.24, 2.45) is 16.7 Å². The molecule has 3 aliphatic rings. The lowest BCUT2D eigenvalue weighted by Gasteiger charge is -2.58. The molecule has 7 nitrogen and oxygen atoms in total. The van der Waals surface area contributed by atoms with Crippen molar-refractivity contribution >= 4 is 28.3 Å². The van der Waals surface area contributed by atoms with E-state index in [1.807, 2.05) is 36.1 Å². The van der Waals surface area contributed by atoms with Gasteiger partial charge in [0.2, 0.25) is 5.91 Å². The van der Waals surface area contributed by atoms with Gasteiger partial charge in [-0.2, -0.15) is 0 Å². The Hall–Kier alpha value is -2.29. The molecule has 5 unspecified atom stereocenters. The molecule has 2 heterocycles. The van der Waals surface area contributed by atoms with Gasteiger partial charge in [0, 0.05) is 41.3 Å². The second kappa shape index (κ2) is 10.8. The third-order valence-electron chi connectivity index (χ3n) is 10.2. The highest BCUT2D eigenvalue weighted by atomic mass is 32.1. The average molecular weight is 568 g/mol. The van der Waals surface area contributed by atoms with Crippen molar-refractivity contribution in [1.29, 1.82) is 0 Å². The molecule has 1 aromatic heterocycles. The van der Waals surface area contributed by atoms with E-state index < -0.39 is 11.5 Å². The fraction of sp³-hybridized carbons (Fsp3) is 0.656. The smallest absolute Gasteiger partial charge is 0.257 e. The van der Waals surface area contributed by atoms with E-state index in [9.17, 15) is 19.8 Å². The van der Waals surface area contributed by atoms with Crippen LogP contribution >= 0.6 is 11.3 Å². The van der Waals surface area contributed by atoms with E-state index in [-0.39, 0.29) is 41.1 Å². The van der Waals surface area contributed by atoms with Crippen LogP contribution < -0.4 is 5.32 Å². The van der Waals surface area contributed by atoms with E-state index in [0.717, 1.165) is 49.3 Å². The first-order valence-electron chi connectivity index (χ1n) is 14.8. The first kappa shape index (κ1) is 29.2. The largest absolute Gasteiger partial charge is 0.396 e. The number of amides is 2. The minimum Gasteiger partial charge on any atom is -0.396 e. The predicted molar refractivity (Wildman–Crippen MR) is 159 cm³/mol. The molecule has 1 saturated heterocycles. The van der Waals surface area contributed by atoms with Gasteiger partial charge in [0.1, 0.15) is 0 Å². The number of likely N-dealkylation sites (tertiary alicyclic amines) is 1. The molecule has 1 saturated carbocycles. The van der Waals surface area contributed by atoms with Gasteiger partial charge in [-0.05, 0) is 73.0 Å². The van der Waals surface area contributed by atoms with Crippen molar-refractivity contribution in [2.75, 3.05) is 25.0 Å². The van der Waals surface area contributed by atoms with E-state index in [1.54, 1.807) is 0 Å². The maximum atomic E-state index is 13.6. The molecule has 1 aliphatic heterocycles. The first-order chi connectivity index (χ1) is 18.9. The number of piperidine rings is 1. The van der Waals surface area contributed by atoms with Crippen LogP contribution in [0.3, 0.4) is 0 Å². The zero-order valence-electron chi connectivity index (χ0n) is 24.6. The number of anilines is 1. The SMILES string of the molecule is CC(C)(C)c1ccc(C(=O)Nc2nc3c(s2)CC2C(C)(CO)C(O)CCC2(C)C3CC(=O)N2CCCCC2)cc1. The Balaban J connectivity index is 1.46. The molecule has 1 aromatic carbocycles. The van der Waals surface area contributed by atoms with Crippen LogP contribution in [-0.4, -0.2) is 57.7 Å². The van der Waals surface area contributed by atoms with Gasteiger partial charge in [0.25, 0.3) is 5.91 Å². The minimum absolute atomic E-state index is 0.00523. The van der Waals surface area contributed by atoms with Gasteiger partial charge in [0.15, 0.2) is 5.13 Å². The number of nitrogens with one attached hydrogen (secondary N) is 1. The molecule has 40 heavy (non-hydrogen) atoms. The fourth-order valence-corrected chi connectivity index (χ4v) is 8.50. The number of aliphatic hydroxyl groups excluding tert-OH is 2. The number of thiazole rings is 1. The number of hydrogen-bond donors (Lipinski definition) is 3. The summed E-state index contributed by atoms with van der Waals surface area (Å²) >= 11 is 1.47. The summed E-state index contributed by atoms with van der Waals surface area (Å²) in [7, 11) is 0. The second-order valence-electron chi connectivity index (χ2n) is 13.8. The Morgan fingerprint density at radius 3 is 2.42 bits per heavy atom. The Kier molecular flexibility index (Phi) is 7.92. The molecule has 5 atom stereocenters. The molecule has 0 spiro atoms. The lowest BCUT2D eigenvalue weighted by molar-refractivity contribution is -0.147. The van der Waals surface area contributed by atoms with Crippen molar-refractivity contribution in [3.05, 3.63) is 46.0 Å². The molecule has 2 amide bonds. The first-order valence-corrected chi connectivity index (χ1v) is 15.7. The number of aliphatic hydroxyl groups is 2. The van der Waals surface area contributed by atoms with Gasteiger partial charge in [-0.1, -0.05) is 46.8 Å². The topological polar surface area (TPSA) is 103 Å². The molecule has 0 bridgehead atoms. The van der Waals surface area contributed by atoms with Crippen molar-refractivity contribution in [3.63, 3.8) is 0 Å². The number of nitrogens with zero attached hydrogens (tertiary/aromatic N) is 2. The highest BCUT2D eigenvalue weighted by Gasteiger charge is 2.59. The van der Waals surface area contributed by atoms with Crippen molar-refractivity contribution in [1.82, 2.24) is 9.88 Å². The lowest BCUT2D eigenvalue weighted by atomic mass is 9.47. The Morgan fingerprint density at radius 2 is 1.80 bits per heavy atom. The van der Waals surface area contributed by atoms with Crippen molar-refractivity contribution < 1.29 is 19.8 Å². The third kappa shape index (κ3) is 5.23. The minimum atomic E-state index is -0.667. The maximum Gasteiger partial charge on any atom is 0.257 e. The van der Waals surface area contributed by atoms with Gasteiger partial charge in [0.05, 0.1) is 18.4 Å². The summed E-state index contributed by atoms with van der Waals surface area (Å²) in [6.07, 6.45) is 5.04. The quantitative estimate of drug-likeness (QED) is 0.442. The van der Waals surface area contributed by atoms with Gasteiger partial charge in [-0.3, -0.25) is 14.9 Å². The lowest BCUT2D eigenvalue weighted by Crippen LogP contribution is -2.57. The maximum absolute atomic E-state index is 13.6. The summed E-state index contributed by atoms with van der Waals surface area (Å²) in [6.45, 7) is 12.1. The van der Waals surface area contributed by atoms with Crippen LogP contribution in [-0.2, 0) is 16.6 Å². The van der Waals surface area contributed by atoms with Crippen LogP contribution in [0.15, 0.2) is 24.3 Å². The normalized spacial score (nSPS) is 30.4. The van der Waals surface area contributed by atoms with Gasteiger partial charge in [-0.25, -0.2) is 4.98 Å². The highest BCUT2D eigenvalue weighted by molar-refractivity contribution is 7.15. The van der Waals surface area contributed by atoms with E-state index in [1.165, 1.54) is 16.9 Å². The third-order valence-corrected chi connectivity index (χ3v) is 11.2. The zero-order chi connectivity index (χ0) is 28.9. The highest BCUT2D eigenvalue weighted by Crippen LogP contribution is 2.63. The number of fused-ring (bicyclic) bond motifs is 2. The standard InChI is InChI=1S/C32H45N3O4S/c1-30(2,3)21-11-9-20(10-12-21)28(39)34-29-33-27-22(17-26(38)35-15-7-6-8-16-35)31(4)14-13-25(37)32(5,19-36)24(31)18-23(27)40-29/h9-12,22,24-25,36-37H,6-8,13-19H2,1-5H3,(H,33,34,39). The van der Waals surface area contributed by atoms with Crippen LogP contribution in [0.25, 0.3) is 0 Å². The monoisotopic (exact) mass is 567 g/mol. The summed E-state index contributed by atoms with van der Waals surface area (Å²) in [5.74, 6) is -0.185. The number of rotatable bonds is 5. The number of hydrogen-bond acceptors (Lipinski definition) is 6. The summed E-state index contributed by atoms with van der Waals surface area (Å²) < 4.78 is 0. The number of benzene rings is 1. The number of aromatic nitrogens is 1. The Morgan fingerprint density at radius 1 is 1.12 bits per heavy atom. The predicted octanol–water partition coefficient (Wildman–Crippen LogP) is 5.51. The van der Waals surface area contributed by atoms with Crippen molar-refractivity contribution in [3.8, 4) is 0 Å². The zero-order valence-corrected chi connectivity index (χ0v) is 25.4. The molecular formula is C32H45N3O4S. The Bertz CT molecular complexity index is 1250.